The third-order valence-corrected chi connectivity index (χ3v) is 3.47. The molecule has 2 heterocycles. The van der Waals surface area contributed by atoms with Gasteiger partial charge in [0, 0.05) is 18.8 Å². The van der Waals surface area contributed by atoms with Gasteiger partial charge in [0.25, 0.3) is 0 Å². The van der Waals surface area contributed by atoms with Crippen LogP contribution in [0.1, 0.15) is 46.6 Å². The zero-order valence-electron chi connectivity index (χ0n) is 12.7. The van der Waals surface area contributed by atoms with E-state index in [-0.39, 0.29) is 12.1 Å². The molecule has 1 aliphatic heterocycles. The molecule has 0 unspecified atom stereocenters. The van der Waals surface area contributed by atoms with Crippen molar-refractivity contribution in [3.63, 3.8) is 0 Å². The number of amides is 1. The quantitative estimate of drug-likeness (QED) is 0.857. The summed E-state index contributed by atoms with van der Waals surface area (Å²) < 4.78 is 7.34. The van der Waals surface area contributed by atoms with Gasteiger partial charge in [0.1, 0.15) is 5.60 Å². The Morgan fingerprint density at radius 1 is 1.50 bits per heavy atom. The summed E-state index contributed by atoms with van der Waals surface area (Å²) in [7, 11) is 0. The van der Waals surface area contributed by atoms with E-state index in [1.807, 2.05) is 38.6 Å². The Morgan fingerprint density at radius 2 is 2.20 bits per heavy atom. The molecule has 1 fully saturated rings. The highest BCUT2D eigenvalue weighted by Crippen LogP contribution is 2.28. The summed E-state index contributed by atoms with van der Waals surface area (Å²) in [5.74, 6) is 0. The third-order valence-electron chi connectivity index (χ3n) is 3.47. The van der Waals surface area contributed by atoms with E-state index in [1.54, 1.807) is 11.1 Å². The standard InChI is InChI=1S/C14H24N4O2/c1-10-7-12(18-9-11(15)8-16-18)5-6-17(10)13(19)20-14(2,3)4/h8-10,12H,5-7,15H2,1-4H3/t10-,12-/m1/s1. The van der Waals surface area contributed by atoms with Gasteiger partial charge < -0.3 is 15.4 Å². The van der Waals surface area contributed by atoms with Crippen LogP contribution in [0, 0.1) is 0 Å². The summed E-state index contributed by atoms with van der Waals surface area (Å²) in [6.07, 6.45) is 5.00. The Balaban J connectivity index is 1.97. The van der Waals surface area contributed by atoms with Gasteiger partial charge in [-0.15, -0.1) is 0 Å². The lowest BCUT2D eigenvalue weighted by Gasteiger charge is -2.38. The molecular formula is C14H24N4O2. The molecule has 1 saturated heterocycles. The number of hydrogen-bond donors (Lipinski definition) is 1. The van der Waals surface area contributed by atoms with Crippen molar-refractivity contribution >= 4 is 11.8 Å². The second kappa shape index (κ2) is 5.34. The largest absolute Gasteiger partial charge is 0.444 e. The number of hydrogen-bond acceptors (Lipinski definition) is 4. The summed E-state index contributed by atoms with van der Waals surface area (Å²) in [6.45, 7) is 8.38. The molecule has 112 valence electrons. The Morgan fingerprint density at radius 3 is 2.70 bits per heavy atom. The number of carbonyl (C=O) groups excluding carboxylic acids is 1. The second-order valence-corrected chi connectivity index (χ2v) is 6.45. The minimum absolute atomic E-state index is 0.133. The van der Waals surface area contributed by atoms with Crippen LogP contribution in [0.3, 0.4) is 0 Å². The summed E-state index contributed by atoms with van der Waals surface area (Å²) in [6, 6.07) is 0.426. The summed E-state index contributed by atoms with van der Waals surface area (Å²) in [5.41, 5.74) is 5.92. The average Bonchev–Trinajstić information content (AvgIpc) is 2.73. The maximum Gasteiger partial charge on any atom is 0.410 e. The summed E-state index contributed by atoms with van der Waals surface area (Å²) >= 11 is 0. The molecule has 0 radical (unpaired) electrons. The van der Waals surface area contributed by atoms with Gasteiger partial charge in [-0.2, -0.15) is 5.10 Å². The Labute approximate surface area is 119 Å². The van der Waals surface area contributed by atoms with Gasteiger partial charge in [-0.1, -0.05) is 0 Å². The van der Waals surface area contributed by atoms with Crippen molar-refractivity contribution in [1.29, 1.82) is 0 Å². The van der Waals surface area contributed by atoms with E-state index in [9.17, 15) is 4.79 Å². The fourth-order valence-corrected chi connectivity index (χ4v) is 2.53. The smallest absolute Gasteiger partial charge is 0.410 e. The lowest BCUT2D eigenvalue weighted by Crippen LogP contribution is -2.47. The highest BCUT2D eigenvalue weighted by Gasteiger charge is 2.32. The minimum Gasteiger partial charge on any atom is -0.444 e. The third kappa shape index (κ3) is 3.43. The van der Waals surface area contributed by atoms with Crippen molar-refractivity contribution in [3.05, 3.63) is 12.4 Å². The van der Waals surface area contributed by atoms with E-state index < -0.39 is 5.60 Å². The number of piperidine rings is 1. The molecule has 0 aliphatic carbocycles. The molecule has 0 saturated carbocycles. The lowest BCUT2D eigenvalue weighted by molar-refractivity contribution is 0.00731. The number of aromatic nitrogens is 2. The molecule has 6 heteroatoms. The molecule has 1 aromatic rings. The molecule has 2 rings (SSSR count). The van der Waals surface area contributed by atoms with Crippen molar-refractivity contribution in [2.45, 2.75) is 58.2 Å². The van der Waals surface area contributed by atoms with Crippen LogP contribution >= 0.6 is 0 Å². The zero-order valence-corrected chi connectivity index (χ0v) is 12.7. The molecule has 20 heavy (non-hydrogen) atoms. The number of anilines is 1. The first kappa shape index (κ1) is 14.7. The molecular weight excluding hydrogens is 256 g/mol. The van der Waals surface area contributed by atoms with Gasteiger partial charge >= 0.3 is 6.09 Å². The maximum atomic E-state index is 12.1. The van der Waals surface area contributed by atoms with Crippen molar-refractivity contribution in [2.75, 3.05) is 12.3 Å². The first-order chi connectivity index (χ1) is 9.26. The van der Waals surface area contributed by atoms with Gasteiger partial charge in [0.15, 0.2) is 0 Å². The highest BCUT2D eigenvalue weighted by molar-refractivity contribution is 5.68. The van der Waals surface area contributed by atoms with Crippen LogP contribution in [0.15, 0.2) is 12.4 Å². The molecule has 0 spiro atoms. The number of nitrogens with zero attached hydrogens (tertiary/aromatic N) is 3. The molecule has 6 nitrogen and oxygen atoms in total. The zero-order chi connectivity index (χ0) is 14.9. The van der Waals surface area contributed by atoms with Crippen molar-refractivity contribution in [3.8, 4) is 0 Å². The molecule has 2 atom stereocenters. The normalized spacial score (nSPS) is 23.7. The fourth-order valence-electron chi connectivity index (χ4n) is 2.53. The second-order valence-electron chi connectivity index (χ2n) is 6.45. The van der Waals surface area contributed by atoms with E-state index >= 15 is 0 Å². The molecule has 1 aliphatic rings. The van der Waals surface area contributed by atoms with Crippen LogP contribution in [-0.4, -0.2) is 39.0 Å². The molecule has 2 N–H and O–H groups in total. The van der Waals surface area contributed by atoms with E-state index in [2.05, 4.69) is 5.10 Å². The Hall–Kier alpha value is -1.72. The summed E-state index contributed by atoms with van der Waals surface area (Å²) in [5, 5.41) is 4.26. The topological polar surface area (TPSA) is 73.4 Å². The SMILES string of the molecule is C[C@@H]1C[C@H](n2cc(N)cn2)CCN1C(=O)OC(C)(C)C. The van der Waals surface area contributed by atoms with Crippen LogP contribution in [0.5, 0.6) is 0 Å². The number of ether oxygens (including phenoxy) is 1. The molecule has 1 aromatic heterocycles. The Kier molecular flexibility index (Phi) is 3.92. The number of rotatable bonds is 1. The first-order valence-electron chi connectivity index (χ1n) is 7.05. The molecule has 0 bridgehead atoms. The van der Waals surface area contributed by atoms with Gasteiger partial charge in [-0.05, 0) is 40.5 Å². The lowest BCUT2D eigenvalue weighted by atomic mass is 9.99. The van der Waals surface area contributed by atoms with Crippen LogP contribution in [0.25, 0.3) is 0 Å². The first-order valence-corrected chi connectivity index (χ1v) is 7.05. The van der Waals surface area contributed by atoms with Crippen LogP contribution in [-0.2, 0) is 4.74 Å². The Bertz CT molecular complexity index is 478. The molecule has 0 aromatic carbocycles. The minimum atomic E-state index is -0.454. The molecule has 1 amide bonds. The van der Waals surface area contributed by atoms with Gasteiger partial charge in [-0.25, -0.2) is 4.79 Å². The number of likely N-dealkylation sites (tertiary alicyclic amines) is 1. The number of nitrogens with two attached hydrogens (primary N) is 1. The maximum absolute atomic E-state index is 12.1. The van der Waals surface area contributed by atoms with Crippen molar-refractivity contribution < 1.29 is 9.53 Å². The van der Waals surface area contributed by atoms with Gasteiger partial charge in [0.2, 0.25) is 0 Å². The number of carbonyl (C=O) groups is 1. The average molecular weight is 280 g/mol. The predicted molar refractivity (Wildman–Crippen MR) is 77.3 cm³/mol. The van der Waals surface area contributed by atoms with E-state index in [4.69, 9.17) is 10.5 Å². The monoisotopic (exact) mass is 280 g/mol. The van der Waals surface area contributed by atoms with E-state index in [0.29, 0.717) is 18.3 Å². The van der Waals surface area contributed by atoms with Crippen LogP contribution in [0.4, 0.5) is 10.5 Å². The van der Waals surface area contributed by atoms with E-state index in [0.717, 1.165) is 12.8 Å². The highest BCUT2D eigenvalue weighted by atomic mass is 16.6. The van der Waals surface area contributed by atoms with Crippen molar-refractivity contribution in [1.82, 2.24) is 14.7 Å². The van der Waals surface area contributed by atoms with Gasteiger partial charge in [0.05, 0.1) is 17.9 Å². The fraction of sp³-hybridized carbons (Fsp3) is 0.714. The van der Waals surface area contributed by atoms with E-state index in [1.165, 1.54) is 0 Å². The van der Waals surface area contributed by atoms with Crippen molar-refractivity contribution in [2.24, 2.45) is 0 Å². The number of nitrogen functional groups attached to an aromatic ring is 1. The van der Waals surface area contributed by atoms with Crippen LogP contribution < -0.4 is 5.73 Å². The van der Waals surface area contributed by atoms with Crippen LogP contribution in [0.2, 0.25) is 0 Å². The summed E-state index contributed by atoms with van der Waals surface area (Å²) in [4.78, 5) is 13.9. The predicted octanol–water partition coefficient (Wildman–Crippen LogP) is 2.43. The van der Waals surface area contributed by atoms with Gasteiger partial charge in [-0.3, -0.25) is 4.68 Å².